The summed E-state index contributed by atoms with van der Waals surface area (Å²) in [6, 6.07) is 4.36. The van der Waals surface area contributed by atoms with Crippen LogP contribution in [0.25, 0.3) is 0 Å². The van der Waals surface area contributed by atoms with Gasteiger partial charge >= 0.3 is 5.97 Å². The van der Waals surface area contributed by atoms with Crippen LogP contribution in [0, 0.1) is 0 Å². The molecule has 0 unspecified atom stereocenters. The molecule has 0 amide bonds. The molecule has 0 saturated heterocycles. The number of benzene rings is 1. The number of aliphatic carboxylic acids is 1. The molecule has 4 nitrogen and oxygen atoms in total. The van der Waals surface area contributed by atoms with Gasteiger partial charge in [0.2, 0.25) is 0 Å². The van der Waals surface area contributed by atoms with Gasteiger partial charge in [0.1, 0.15) is 5.75 Å². The number of phenolic OH excluding ortho intramolecular Hbond substituents is 1. The van der Waals surface area contributed by atoms with Crippen molar-refractivity contribution in [3.63, 3.8) is 0 Å². The van der Waals surface area contributed by atoms with Gasteiger partial charge in [0.15, 0.2) is 0 Å². The van der Waals surface area contributed by atoms with Crippen LogP contribution in [0.4, 0.5) is 5.69 Å². The summed E-state index contributed by atoms with van der Waals surface area (Å²) in [4.78, 5) is 10.3. The number of carboxylic acid groups (broad SMARTS) is 1. The average Bonchev–Trinajstić information content (AvgIpc) is 1.96. The van der Waals surface area contributed by atoms with E-state index in [4.69, 9.17) is 15.9 Å². The third kappa shape index (κ3) is 3.21. The van der Waals surface area contributed by atoms with Crippen molar-refractivity contribution in [2.24, 2.45) is 0 Å². The molecule has 0 aromatic heterocycles. The number of aromatic hydroxyl groups is 1. The van der Waals surface area contributed by atoms with E-state index in [1.807, 2.05) is 0 Å². The molecule has 0 atom stereocenters. The summed E-state index contributed by atoms with van der Waals surface area (Å²) in [5.41, 5.74) is 6.14. The number of hydrogen-bond donors (Lipinski definition) is 3. The minimum atomic E-state index is -0.917. The molecule has 0 heterocycles. The summed E-state index contributed by atoms with van der Waals surface area (Å²) in [5, 5.41) is 17.4. The van der Waals surface area contributed by atoms with Gasteiger partial charge in [0.25, 0.3) is 0 Å². The molecule has 72 valence electrons. The fraction of sp³-hybridized carbons (Fsp3) is 0.125. The molecule has 0 aliphatic heterocycles. The zero-order valence-corrected chi connectivity index (χ0v) is 7.54. The Kier molecular flexibility index (Phi) is 4.07. The molecule has 1 rings (SSSR count). The molecule has 5 heteroatoms. The van der Waals surface area contributed by atoms with Crippen LogP contribution in [-0.4, -0.2) is 16.2 Å². The first-order valence-electron chi connectivity index (χ1n) is 3.39. The quantitative estimate of drug-likeness (QED) is 0.495. The summed E-state index contributed by atoms with van der Waals surface area (Å²) < 4.78 is 0. The van der Waals surface area contributed by atoms with E-state index < -0.39 is 5.97 Å². The minimum absolute atomic E-state index is 0. The van der Waals surface area contributed by atoms with Crippen molar-refractivity contribution in [3.8, 4) is 5.75 Å². The van der Waals surface area contributed by atoms with Crippen LogP contribution in [0.1, 0.15) is 5.56 Å². The van der Waals surface area contributed by atoms with Crippen LogP contribution >= 0.6 is 12.4 Å². The Bertz CT molecular complexity index is 314. The Hall–Kier alpha value is -1.42. The average molecular weight is 204 g/mol. The third-order valence-corrected chi connectivity index (χ3v) is 1.45. The Morgan fingerprint density at radius 2 is 2.08 bits per heavy atom. The number of anilines is 1. The Balaban J connectivity index is 0.00000144. The molecule has 0 spiro atoms. The lowest BCUT2D eigenvalue weighted by Crippen LogP contribution is -2.00. The van der Waals surface area contributed by atoms with Crippen LogP contribution in [-0.2, 0) is 11.2 Å². The van der Waals surface area contributed by atoms with E-state index >= 15 is 0 Å². The Labute approximate surface area is 81.4 Å². The van der Waals surface area contributed by atoms with Crippen molar-refractivity contribution < 1.29 is 15.0 Å². The van der Waals surface area contributed by atoms with Crippen LogP contribution in [0.2, 0.25) is 0 Å². The van der Waals surface area contributed by atoms with E-state index in [2.05, 4.69) is 0 Å². The van der Waals surface area contributed by atoms with Crippen LogP contribution in [0.3, 0.4) is 0 Å². The van der Waals surface area contributed by atoms with Gasteiger partial charge in [-0.2, -0.15) is 0 Å². The molecule has 0 aliphatic rings. The number of phenols is 1. The van der Waals surface area contributed by atoms with Gasteiger partial charge < -0.3 is 15.9 Å². The maximum Gasteiger partial charge on any atom is 0.307 e. The number of carboxylic acids is 1. The van der Waals surface area contributed by atoms with Crippen molar-refractivity contribution in [1.82, 2.24) is 0 Å². The largest absolute Gasteiger partial charge is 0.506 e. The first-order valence-corrected chi connectivity index (χ1v) is 3.39. The number of hydrogen-bond acceptors (Lipinski definition) is 3. The number of carbonyl (C=O) groups is 1. The highest BCUT2D eigenvalue weighted by atomic mass is 35.5. The van der Waals surface area contributed by atoms with E-state index in [1.165, 1.54) is 18.2 Å². The van der Waals surface area contributed by atoms with Crippen molar-refractivity contribution >= 4 is 24.1 Å². The minimum Gasteiger partial charge on any atom is -0.506 e. The lowest BCUT2D eigenvalue weighted by Gasteiger charge is -2.00. The lowest BCUT2D eigenvalue weighted by molar-refractivity contribution is -0.136. The second-order valence-electron chi connectivity index (χ2n) is 2.46. The van der Waals surface area contributed by atoms with Gasteiger partial charge in [-0.3, -0.25) is 4.79 Å². The van der Waals surface area contributed by atoms with Crippen LogP contribution in [0.15, 0.2) is 18.2 Å². The zero-order chi connectivity index (χ0) is 9.14. The molecule has 4 N–H and O–H groups in total. The standard InChI is InChI=1S/C8H9NO3.ClH/c9-6-3-5(4-8(11)12)1-2-7(6)10;/h1-3,10H,4,9H2,(H,11,12);1H. The van der Waals surface area contributed by atoms with Gasteiger partial charge in [0.05, 0.1) is 12.1 Å². The molecule has 0 bridgehead atoms. The number of rotatable bonds is 2. The van der Waals surface area contributed by atoms with Gasteiger partial charge in [-0.25, -0.2) is 0 Å². The monoisotopic (exact) mass is 203 g/mol. The molecule has 0 saturated carbocycles. The maximum atomic E-state index is 10.3. The SMILES string of the molecule is Cl.Nc1cc(CC(=O)O)ccc1O. The van der Waals surface area contributed by atoms with Crippen molar-refractivity contribution in [1.29, 1.82) is 0 Å². The second kappa shape index (κ2) is 4.57. The zero-order valence-electron chi connectivity index (χ0n) is 6.73. The highest BCUT2D eigenvalue weighted by Crippen LogP contribution is 2.20. The molecule has 0 fully saturated rings. The molecule has 0 aliphatic carbocycles. The molecule has 1 aromatic rings. The van der Waals surface area contributed by atoms with Crippen molar-refractivity contribution in [2.75, 3.05) is 5.73 Å². The first kappa shape index (κ1) is 11.6. The normalized spacial score (nSPS) is 8.92. The van der Waals surface area contributed by atoms with Gasteiger partial charge in [0, 0.05) is 0 Å². The fourth-order valence-electron chi connectivity index (χ4n) is 0.889. The van der Waals surface area contributed by atoms with Crippen LogP contribution < -0.4 is 5.73 Å². The summed E-state index contributed by atoms with van der Waals surface area (Å²) >= 11 is 0. The number of nitrogen functional groups attached to an aromatic ring is 1. The lowest BCUT2D eigenvalue weighted by atomic mass is 10.1. The maximum absolute atomic E-state index is 10.3. The Morgan fingerprint density at radius 1 is 1.46 bits per heavy atom. The smallest absolute Gasteiger partial charge is 0.307 e. The summed E-state index contributed by atoms with van der Waals surface area (Å²) in [5.74, 6) is -0.941. The fourth-order valence-corrected chi connectivity index (χ4v) is 0.889. The second-order valence-corrected chi connectivity index (χ2v) is 2.46. The van der Waals surface area contributed by atoms with Crippen molar-refractivity contribution in [3.05, 3.63) is 23.8 Å². The third-order valence-electron chi connectivity index (χ3n) is 1.45. The topological polar surface area (TPSA) is 83.6 Å². The highest BCUT2D eigenvalue weighted by Gasteiger charge is 2.02. The predicted molar refractivity (Wildman–Crippen MR) is 51.1 cm³/mol. The van der Waals surface area contributed by atoms with E-state index in [0.29, 0.717) is 5.56 Å². The molecule has 1 aromatic carbocycles. The van der Waals surface area contributed by atoms with Crippen LogP contribution in [0.5, 0.6) is 5.75 Å². The summed E-state index contributed by atoms with van der Waals surface area (Å²) in [6.45, 7) is 0. The summed E-state index contributed by atoms with van der Waals surface area (Å²) in [6.07, 6.45) is -0.0789. The van der Waals surface area contributed by atoms with Gasteiger partial charge in [-0.1, -0.05) is 6.07 Å². The molecule has 0 radical (unpaired) electrons. The first-order chi connectivity index (χ1) is 5.59. The molecular formula is C8H10ClNO3. The van der Waals surface area contributed by atoms with Crippen molar-refractivity contribution in [2.45, 2.75) is 6.42 Å². The predicted octanol–water partition coefficient (Wildman–Crippen LogP) is 1.02. The van der Waals surface area contributed by atoms with E-state index in [-0.39, 0.29) is 30.3 Å². The van der Waals surface area contributed by atoms with Gasteiger partial charge in [-0.15, -0.1) is 12.4 Å². The number of nitrogens with two attached hydrogens (primary N) is 1. The molecule has 13 heavy (non-hydrogen) atoms. The van der Waals surface area contributed by atoms with E-state index in [1.54, 1.807) is 0 Å². The number of halogens is 1. The van der Waals surface area contributed by atoms with E-state index in [0.717, 1.165) is 0 Å². The summed E-state index contributed by atoms with van der Waals surface area (Å²) in [7, 11) is 0. The Morgan fingerprint density at radius 3 is 2.54 bits per heavy atom. The van der Waals surface area contributed by atoms with Gasteiger partial charge in [-0.05, 0) is 17.7 Å². The highest BCUT2D eigenvalue weighted by molar-refractivity contribution is 5.85. The van der Waals surface area contributed by atoms with E-state index in [9.17, 15) is 4.79 Å². The molecular weight excluding hydrogens is 194 g/mol.